The zero-order valence-corrected chi connectivity index (χ0v) is 4.84. The Balaban J connectivity index is 3.41. The van der Waals surface area contributed by atoms with Crippen LogP contribution in [-0.4, -0.2) is 0 Å². The molecule has 0 radical (unpaired) electrons. The van der Waals surface area contributed by atoms with Gasteiger partial charge in [0.15, 0.2) is 0 Å². The van der Waals surface area contributed by atoms with Gasteiger partial charge in [-0.25, -0.2) is 0 Å². The van der Waals surface area contributed by atoms with Gasteiger partial charge in [-0.2, -0.15) is 0 Å². The van der Waals surface area contributed by atoms with Crippen LogP contribution in [0.15, 0.2) is 23.1 Å². The molecule has 2 heteroatoms. The number of hydrogen-bond donors (Lipinski definition) is 1. The summed E-state index contributed by atoms with van der Waals surface area (Å²) in [6, 6.07) is 0. The zero-order chi connectivity index (χ0) is 4.99. The topological polar surface area (TPSA) is 0 Å². The molecular formula is C4H5ClS. The fraction of sp³-hybridized carbons (Fsp3) is 0. The first kappa shape index (κ1) is 6.12. The fourth-order valence-corrected chi connectivity index (χ4v) is 0.292. The molecule has 0 aliphatic carbocycles. The minimum Gasteiger partial charge on any atom is -0.131 e. The Morgan fingerprint density at radius 2 is 2.33 bits per heavy atom. The lowest BCUT2D eigenvalue weighted by Gasteiger charge is -1.71. The van der Waals surface area contributed by atoms with Crippen LogP contribution >= 0.6 is 24.2 Å². The number of hydrogen-bond acceptors (Lipinski definition) is 1. The Morgan fingerprint density at radius 3 is 2.33 bits per heavy atom. The number of rotatable bonds is 1. The van der Waals surface area contributed by atoms with Crippen molar-refractivity contribution in [2.75, 3.05) is 0 Å². The molecule has 0 bridgehead atoms. The molecule has 0 aromatic heterocycles. The third kappa shape index (κ3) is 4.12. The van der Waals surface area contributed by atoms with Gasteiger partial charge in [-0.05, 0) is 6.08 Å². The summed E-state index contributed by atoms with van der Waals surface area (Å²) in [5.41, 5.74) is 0. The summed E-state index contributed by atoms with van der Waals surface area (Å²) in [6.07, 6.45) is 3.18. The van der Waals surface area contributed by atoms with E-state index in [0.717, 1.165) is 0 Å². The number of allylic oxidation sites excluding steroid dienone is 2. The summed E-state index contributed by atoms with van der Waals surface area (Å²) < 4.78 is 0.463. The predicted molar refractivity (Wildman–Crippen MR) is 33.1 cm³/mol. The Bertz CT molecular complexity index is 71.6. The lowest BCUT2D eigenvalue weighted by Crippen LogP contribution is -1.43. The van der Waals surface area contributed by atoms with Crippen molar-refractivity contribution in [1.82, 2.24) is 0 Å². The molecular weight excluding hydrogens is 116 g/mol. The SMILES string of the molecule is C=C/C=C(\S)Cl. The molecule has 0 saturated heterocycles. The van der Waals surface area contributed by atoms with Gasteiger partial charge in [-0.15, -0.1) is 12.6 Å². The summed E-state index contributed by atoms with van der Waals surface area (Å²) in [5.74, 6) is 0. The second-order valence-electron chi connectivity index (χ2n) is 0.725. The monoisotopic (exact) mass is 120 g/mol. The molecule has 0 fully saturated rings. The van der Waals surface area contributed by atoms with Gasteiger partial charge in [0, 0.05) is 0 Å². The minimum atomic E-state index is 0.463. The van der Waals surface area contributed by atoms with E-state index in [4.69, 9.17) is 11.6 Å². The molecule has 0 rings (SSSR count). The normalized spacial score (nSPS) is 11.3. The van der Waals surface area contributed by atoms with Gasteiger partial charge in [0.1, 0.15) is 0 Å². The summed E-state index contributed by atoms with van der Waals surface area (Å²) in [6.45, 7) is 3.39. The lowest BCUT2D eigenvalue weighted by molar-refractivity contribution is 2.08. The van der Waals surface area contributed by atoms with Gasteiger partial charge < -0.3 is 0 Å². The summed E-state index contributed by atoms with van der Waals surface area (Å²) in [4.78, 5) is 0. The molecule has 34 valence electrons. The molecule has 6 heavy (non-hydrogen) atoms. The van der Waals surface area contributed by atoms with Crippen molar-refractivity contribution in [3.05, 3.63) is 23.1 Å². The van der Waals surface area contributed by atoms with E-state index in [0.29, 0.717) is 4.36 Å². The highest BCUT2D eigenvalue weighted by molar-refractivity contribution is 7.86. The van der Waals surface area contributed by atoms with Crippen molar-refractivity contribution in [3.8, 4) is 0 Å². The van der Waals surface area contributed by atoms with Crippen molar-refractivity contribution < 1.29 is 0 Å². The quantitative estimate of drug-likeness (QED) is 0.398. The van der Waals surface area contributed by atoms with Crippen LogP contribution in [0, 0.1) is 0 Å². The molecule has 0 amide bonds. The maximum atomic E-state index is 5.23. The molecule has 0 aromatic carbocycles. The van der Waals surface area contributed by atoms with E-state index >= 15 is 0 Å². The Hall–Kier alpha value is 0.120. The van der Waals surface area contributed by atoms with E-state index in [2.05, 4.69) is 19.2 Å². The molecule has 0 aliphatic heterocycles. The smallest absolute Gasteiger partial charge is 0.0704 e. The largest absolute Gasteiger partial charge is 0.131 e. The van der Waals surface area contributed by atoms with Crippen LogP contribution in [0.1, 0.15) is 0 Å². The van der Waals surface area contributed by atoms with Crippen molar-refractivity contribution in [1.29, 1.82) is 0 Å². The van der Waals surface area contributed by atoms with Crippen molar-refractivity contribution >= 4 is 24.2 Å². The van der Waals surface area contributed by atoms with Crippen LogP contribution in [-0.2, 0) is 0 Å². The number of thiol groups is 1. The second kappa shape index (κ2) is 3.32. The molecule has 0 saturated carbocycles. The van der Waals surface area contributed by atoms with E-state index in [1.54, 1.807) is 12.2 Å². The first-order chi connectivity index (χ1) is 2.77. The van der Waals surface area contributed by atoms with Gasteiger partial charge in [-0.3, -0.25) is 0 Å². The third-order valence-electron chi connectivity index (χ3n) is 0.255. The van der Waals surface area contributed by atoms with Crippen LogP contribution in [0.3, 0.4) is 0 Å². The van der Waals surface area contributed by atoms with Crippen LogP contribution in [0.25, 0.3) is 0 Å². The molecule has 0 N–H and O–H groups in total. The van der Waals surface area contributed by atoms with Crippen molar-refractivity contribution in [3.63, 3.8) is 0 Å². The molecule has 0 heterocycles. The van der Waals surface area contributed by atoms with Gasteiger partial charge in [-0.1, -0.05) is 24.3 Å². The van der Waals surface area contributed by atoms with E-state index < -0.39 is 0 Å². The molecule has 0 unspecified atom stereocenters. The van der Waals surface area contributed by atoms with Gasteiger partial charge in [0.25, 0.3) is 0 Å². The Kier molecular flexibility index (Phi) is 3.38. The average Bonchev–Trinajstić information content (AvgIpc) is 1.35. The summed E-state index contributed by atoms with van der Waals surface area (Å²) in [7, 11) is 0. The van der Waals surface area contributed by atoms with Gasteiger partial charge in [0.05, 0.1) is 4.36 Å². The molecule has 0 spiro atoms. The fourth-order valence-electron chi connectivity index (χ4n) is 0.0972. The Labute approximate surface area is 47.9 Å². The van der Waals surface area contributed by atoms with E-state index in [1.165, 1.54) is 0 Å². The lowest BCUT2D eigenvalue weighted by atomic mass is 10.6. The van der Waals surface area contributed by atoms with Crippen molar-refractivity contribution in [2.24, 2.45) is 0 Å². The highest BCUT2D eigenvalue weighted by Crippen LogP contribution is 2.03. The Morgan fingerprint density at radius 1 is 1.83 bits per heavy atom. The standard InChI is InChI=1S/C4H5ClS/c1-2-3-4(5)6/h2-3,6H,1H2/b4-3-. The highest BCUT2D eigenvalue weighted by Gasteiger charge is 1.68. The van der Waals surface area contributed by atoms with E-state index in [-0.39, 0.29) is 0 Å². The maximum Gasteiger partial charge on any atom is 0.0704 e. The first-order valence-electron chi connectivity index (χ1n) is 1.44. The van der Waals surface area contributed by atoms with Gasteiger partial charge in [0.2, 0.25) is 0 Å². The van der Waals surface area contributed by atoms with Crippen LogP contribution in [0.5, 0.6) is 0 Å². The van der Waals surface area contributed by atoms with E-state index in [1.807, 2.05) is 0 Å². The highest BCUT2D eigenvalue weighted by atomic mass is 35.5. The molecule has 0 atom stereocenters. The summed E-state index contributed by atoms with van der Waals surface area (Å²) in [5, 5.41) is 0. The average molecular weight is 121 g/mol. The summed E-state index contributed by atoms with van der Waals surface area (Å²) >= 11 is 8.97. The first-order valence-corrected chi connectivity index (χ1v) is 2.27. The molecule has 0 aliphatic rings. The van der Waals surface area contributed by atoms with Crippen molar-refractivity contribution in [2.45, 2.75) is 0 Å². The predicted octanol–water partition coefficient (Wildman–Crippen LogP) is 2.18. The molecule has 0 aromatic rings. The maximum absolute atomic E-state index is 5.23. The van der Waals surface area contributed by atoms with Gasteiger partial charge >= 0.3 is 0 Å². The number of halogens is 1. The van der Waals surface area contributed by atoms with Crippen LogP contribution in [0.2, 0.25) is 0 Å². The minimum absolute atomic E-state index is 0.463. The second-order valence-corrected chi connectivity index (χ2v) is 1.88. The zero-order valence-electron chi connectivity index (χ0n) is 3.19. The third-order valence-corrected chi connectivity index (χ3v) is 0.530. The van der Waals surface area contributed by atoms with E-state index in [9.17, 15) is 0 Å². The molecule has 0 nitrogen and oxygen atoms in total. The van der Waals surface area contributed by atoms with Crippen LogP contribution in [0.4, 0.5) is 0 Å². The van der Waals surface area contributed by atoms with Crippen LogP contribution < -0.4 is 0 Å².